The molecule has 0 aliphatic carbocycles. The number of hydrogen-bond donors (Lipinski definition) is 1. The SMILES string of the molecule is CSCCCCCn1c(N)nc2cc(F)c(C)cc21. The minimum atomic E-state index is -0.225. The summed E-state index contributed by atoms with van der Waals surface area (Å²) in [5.41, 5.74) is 8.13. The Kier molecular flexibility index (Phi) is 4.69. The molecule has 1 heterocycles. The molecule has 1 aromatic heterocycles. The first-order valence-corrected chi connectivity index (χ1v) is 7.93. The van der Waals surface area contributed by atoms with E-state index in [1.54, 1.807) is 6.92 Å². The smallest absolute Gasteiger partial charge is 0.201 e. The molecule has 0 radical (unpaired) electrons. The standard InChI is InChI=1S/C14H20FN3S/c1-10-8-13-12(9-11(10)15)17-14(16)18(13)6-4-3-5-7-19-2/h8-9H,3-7H2,1-2H3,(H2,16,17). The molecule has 5 heteroatoms. The second-order valence-electron chi connectivity index (χ2n) is 4.77. The molecule has 0 bridgehead atoms. The summed E-state index contributed by atoms with van der Waals surface area (Å²) in [7, 11) is 0. The van der Waals surface area contributed by atoms with E-state index in [9.17, 15) is 4.39 Å². The normalized spacial score (nSPS) is 11.3. The maximum Gasteiger partial charge on any atom is 0.201 e. The molecular weight excluding hydrogens is 261 g/mol. The van der Waals surface area contributed by atoms with Gasteiger partial charge in [-0.1, -0.05) is 6.42 Å². The highest BCUT2D eigenvalue weighted by molar-refractivity contribution is 7.98. The molecular formula is C14H20FN3S. The molecule has 0 aliphatic rings. The Labute approximate surface area is 117 Å². The van der Waals surface area contributed by atoms with E-state index < -0.39 is 0 Å². The number of nitrogens with zero attached hydrogens (tertiary/aromatic N) is 2. The molecule has 0 spiro atoms. The van der Waals surface area contributed by atoms with Gasteiger partial charge < -0.3 is 10.3 Å². The van der Waals surface area contributed by atoms with Crippen LogP contribution in [0.25, 0.3) is 11.0 Å². The third-order valence-corrected chi connectivity index (χ3v) is 3.99. The summed E-state index contributed by atoms with van der Waals surface area (Å²) < 4.78 is 15.5. The zero-order chi connectivity index (χ0) is 13.8. The van der Waals surface area contributed by atoms with Gasteiger partial charge >= 0.3 is 0 Å². The van der Waals surface area contributed by atoms with E-state index in [2.05, 4.69) is 11.2 Å². The number of fused-ring (bicyclic) bond motifs is 1. The molecule has 2 rings (SSSR count). The number of nitrogens with two attached hydrogens (primary N) is 1. The molecule has 0 fully saturated rings. The molecule has 0 saturated heterocycles. The van der Waals surface area contributed by atoms with Gasteiger partial charge in [0.15, 0.2) is 0 Å². The van der Waals surface area contributed by atoms with Crippen LogP contribution in [0, 0.1) is 12.7 Å². The lowest BCUT2D eigenvalue weighted by molar-refractivity contribution is 0.615. The summed E-state index contributed by atoms with van der Waals surface area (Å²) in [4.78, 5) is 4.23. The Balaban J connectivity index is 2.13. The van der Waals surface area contributed by atoms with Gasteiger partial charge in [0, 0.05) is 12.6 Å². The number of unbranched alkanes of at least 4 members (excludes halogenated alkanes) is 2. The van der Waals surface area contributed by atoms with Crippen molar-refractivity contribution >= 4 is 28.7 Å². The van der Waals surface area contributed by atoms with Crippen molar-refractivity contribution in [3.05, 3.63) is 23.5 Å². The molecule has 2 aromatic rings. The van der Waals surface area contributed by atoms with Crippen LogP contribution in [0.4, 0.5) is 10.3 Å². The summed E-state index contributed by atoms with van der Waals surface area (Å²) in [5, 5.41) is 0. The van der Waals surface area contributed by atoms with Gasteiger partial charge in [-0.05, 0) is 43.4 Å². The van der Waals surface area contributed by atoms with Crippen molar-refractivity contribution < 1.29 is 4.39 Å². The Bertz CT molecular complexity index is 565. The first-order chi connectivity index (χ1) is 9.13. The molecule has 104 valence electrons. The second kappa shape index (κ2) is 6.28. The van der Waals surface area contributed by atoms with E-state index in [1.165, 1.54) is 24.7 Å². The Morgan fingerprint density at radius 3 is 2.84 bits per heavy atom. The zero-order valence-corrected chi connectivity index (χ0v) is 12.3. The summed E-state index contributed by atoms with van der Waals surface area (Å²) in [6.07, 6.45) is 5.60. The lowest BCUT2D eigenvalue weighted by atomic mass is 10.2. The third kappa shape index (κ3) is 3.21. The molecule has 0 saturated carbocycles. The fourth-order valence-electron chi connectivity index (χ4n) is 2.20. The minimum absolute atomic E-state index is 0.225. The van der Waals surface area contributed by atoms with Crippen molar-refractivity contribution in [2.75, 3.05) is 17.7 Å². The highest BCUT2D eigenvalue weighted by atomic mass is 32.2. The first-order valence-electron chi connectivity index (χ1n) is 6.54. The highest BCUT2D eigenvalue weighted by Crippen LogP contribution is 2.22. The lowest BCUT2D eigenvalue weighted by Crippen LogP contribution is -2.03. The van der Waals surface area contributed by atoms with Crippen molar-refractivity contribution in [2.45, 2.75) is 32.7 Å². The van der Waals surface area contributed by atoms with Crippen molar-refractivity contribution in [2.24, 2.45) is 0 Å². The van der Waals surface area contributed by atoms with E-state index in [4.69, 9.17) is 5.73 Å². The lowest BCUT2D eigenvalue weighted by Gasteiger charge is -2.07. The maximum atomic E-state index is 13.5. The average molecular weight is 281 g/mol. The number of benzene rings is 1. The van der Waals surface area contributed by atoms with E-state index in [1.807, 2.05) is 22.4 Å². The summed E-state index contributed by atoms with van der Waals surface area (Å²) in [5.74, 6) is 1.45. The van der Waals surface area contributed by atoms with Crippen LogP contribution in [0.5, 0.6) is 0 Å². The van der Waals surface area contributed by atoms with Gasteiger partial charge in [0.05, 0.1) is 11.0 Å². The van der Waals surface area contributed by atoms with Crippen molar-refractivity contribution in [3.63, 3.8) is 0 Å². The van der Waals surface area contributed by atoms with Gasteiger partial charge in [0.25, 0.3) is 0 Å². The van der Waals surface area contributed by atoms with Crippen LogP contribution < -0.4 is 5.73 Å². The number of anilines is 1. The van der Waals surface area contributed by atoms with E-state index >= 15 is 0 Å². The van der Waals surface area contributed by atoms with E-state index in [0.717, 1.165) is 18.5 Å². The predicted octanol–water partition coefficient (Wildman–Crippen LogP) is 3.60. The largest absolute Gasteiger partial charge is 0.369 e. The topological polar surface area (TPSA) is 43.8 Å². The van der Waals surface area contributed by atoms with Crippen LogP contribution in [-0.2, 0) is 6.54 Å². The maximum absolute atomic E-state index is 13.5. The second-order valence-corrected chi connectivity index (χ2v) is 5.75. The molecule has 19 heavy (non-hydrogen) atoms. The Hall–Kier alpha value is -1.23. The zero-order valence-electron chi connectivity index (χ0n) is 11.4. The first kappa shape index (κ1) is 14.2. The summed E-state index contributed by atoms with van der Waals surface area (Å²) in [6, 6.07) is 3.29. The minimum Gasteiger partial charge on any atom is -0.369 e. The number of rotatable bonds is 6. The number of imidazole rings is 1. The van der Waals surface area contributed by atoms with Crippen LogP contribution in [0.3, 0.4) is 0 Å². The Morgan fingerprint density at radius 1 is 1.32 bits per heavy atom. The van der Waals surface area contributed by atoms with Gasteiger partial charge in [-0.15, -0.1) is 0 Å². The average Bonchev–Trinajstić information content (AvgIpc) is 2.66. The van der Waals surface area contributed by atoms with Gasteiger partial charge in [0.1, 0.15) is 5.82 Å². The molecule has 0 unspecified atom stereocenters. The van der Waals surface area contributed by atoms with Gasteiger partial charge in [-0.2, -0.15) is 11.8 Å². The van der Waals surface area contributed by atoms with E-state index in [-0.39, 0.29) is 5.82 Å². The third-order valence-electron chi connectivity index (χ3n) is 3.29. The number of thioether (sulfide) groups is 1. The van der Waals surface area contributed by atoms with Gasteiger partial charge in [-0.25, -0.2) is 9.37 Å². The number of halogens is 1. The molecule has 3 nitrogen and oxygen atoms in total. The van der Waals surface area contributed by atoms with Crippen LogP contribution in [0.15, 0.2) is 12.1 Å². The van der Waals surface area contributed by atoms with Crippen molar-refractivity contribution in [3.8, 4) is 0 Å². The molecule has 0 aliphatic heterocycles. The summed E-state index contributed by atoms with van der Waals surface area (Å²) in [6.45, 7) is 2.61. The molecule has 1 aromatic carbocycles. The fourth-order valence-corrected chi connectivity index (χ4v) is 2.69. The molecule has 2 N–H and O–H groups in total. The molecule has 0 amide bonds. The van der Waals surface area contributed by atoms with Gasteiger partial charge in [0.2, 0.25) is 5.95 Å². The Morgan fingerprint density at radius 2 is 2.11 bits per heavy atom. The number of aryl methyl sites for hydroxylation is 2. The van der Waals surface area contributed by atoms with Gasteiger partial charge in [-0.3, -0.25) is 0 Å². The number of nitrogen functional groups attached to an aromatic ring is 1. The predicted molar refractivity (Wildman–Crippen MR) is 81.1 cm³/mol. The van der Waals surface area contributed by atoms with Crippen molar-refractivity contribution in [1.82, 2.24) is 9.55 Å². The highest BCUT2D eigenvalue weighted by Gasteiger charge is 2.10. The number of hydrogen-bond acceptors (Lipinski definition) is 3. The quantitative estimate of drug-likeness (QED) is 0.823. The summed E-state index contributed by atoms with van der Waals surface area (Å²) >= 11 is 1.87. The molecule has 0 atom stereocenters. The monoisotopic (exact) mass is 281 g/mol. The fraction of sp³-hybridized carbons (Fsp3) is 0.500. The number of aromatic nitrogens is 2. The van der Waals surface area contributed by atoms with E-state index in [0.29, 0.717) is 17.0 Å². The van der Waals surface area contributed by atoms with Crippen LogP contribution in [-0.4, -0.2) is 21.6 Å². The van der Waals surface area contributed by atoms with Crippen LogP contribution in [0.2, 0.25) is 0 Å². The van der Waals surface area contributed by atoms with Crippen molar-refractivity contribution in [1.29, 1.82) is 0 Å². The van der Waals surface area contributed by atoms with Crippen LogP contribution >= 0.6 is 11.8 Å². The van der Waals surface area contributed by atoms with Crippen LogP contribution in [0.1, 0.15) is 24.8 Å².